The fraction of sp³-hybridized carbons (Fsp3) is 1.00. The minimum absolute atomic E-state index is 0. The van der Waals surface area contributed by atoms with Gasteiger partial charge in [0.15, 0.2) is 0 Å². The van der Waals surface area contributed by atoms with E-state index in [1.807, 2.05) is 0 Å². The molecule has 62 valence electrons. The zero-order valence-corrected chi connectivity index (χ0v) is 9.28. The smallest absolute Gasteiger partial charge is 0.0159 e. The summed E-state index contributed by atoms with van der Waals surface area (Å²) in [5.74, 6) is 0. The third-order valence-corrected chi connectivity index (χ3v) is 1.96. The van der Waals surface area contributed by atoms with E-state index in [-0.39, 0.29) is 17.0 Å². The molecule has 0 bridgehead atoms. The van der Waals surface area contributed by atoms with Crippen LogP contribution in [-0.4, -0.2) is 43.0 Å². The van der Waals surface area contributed by atoms with E-state index in [0.29, 0.717) is 0 Å². The summed E-state index contributed by atoms with van der Waals surface area (Å²) in [5, 5.41) is 4.42. The van der Waals surface area contributed by atoms with Crippen molar-refractivity contribution in [3.05, 3.63) is 0 Å². The minimum atomic E-state index is 0. The molecule has 1 aliphatic rings. The molecule has 1 aliphatic heterocycles. The standard InChI is InChI=1S/C6H13BrN2.BrH/c7-1-4-9-5-2-8-3-6-9;/h8H,1-6H2;1H. The molecule has 0 saturated carbocycles. The second-order valence-corrected chi connectivity index (χ2v) is 3.07. The third kappa shape index (κ3) is 3.91. The number of piperazine rings is 1. The van der Waals surface area contributed by atoms with Crippen LogP contribution in [0.3, 0.4) is 0 Å². The summed E-state index contributed by atoms with van der Waals surface area (Å²) in [4.78, 5) is 2.46. The molecule has 1 heterocycles. The summed E-state index contributed by atoms with van der Waals surface area (Å²) in [6.45, 7) is 5.94. The predicted molar refractivity (Wildman–Crippen MR) is 53.4 cm³/mol. The molecule has 0 aromatic heterocycles. The van der Waals surface area contributed by atoms with Gasteiger partial charge >= 0.3 is 0 Å². The summed E-state index contributed by atoms with van der Waals surface area (Å²) in [6, 6.07) is 0. The first-order chi connectivity index (χ1) is 4.43. The van der Waals surface area contributed by atoms with Gasteiger partial charge in [-0.2, -0.15) is 0 Å². The lowest BCUT2D eigenvalue weighted by atomic mass is 10.4. The van der Waals surface area contributed by atoms with E-state index in [4.69, 9.17) is 0 Å². The van der Waals surface area contributed by atoms with E-state index in [9.17, 15) is 0 Å². The van der Waals surface area contributed by atoms with Crippen LogP contribution < -0.4 is 5.32 Å². The highest BCUT2D eigenvalue weighted by atomic mass is 79.9. The Bertz CT molecular complexity index is 71.4. The molecule has 2 nitrogen and oxygen atoms in total. The lowest BCUT2D eigenvalue weighted by Gasteiger charge is -2.26. The van der Waals surface area contributed by atoms with Crippen molar-refractivity contribution in [3.63, 3.8) is 0 Å². The molecule has 1 rings (SSSR count). The lowest BCUT2D eigenvalue weighted by Crippen LogP contribution is -2.44. The van der Waals surface area contributed by atoms with Gasteiger partial charge in [-0.05, 0) is 0 Å². The Labute approximate surface area is 81.2 Å². The van der Waals surface area contributed by atoms with Crippen molar-refractivity contribution in [3.8, 4) is 0 Å². The summed E-state index contributed by atoms with van der Waals surface area (Å²) in [6.07, 6.45) is 0. The molecule has 0 aromatic rings. The number of hydrogen-bond acceptors (Lipinski definition) is 2. The van der Waals surface area contributed by atoms with Crippen LogP contribution >= 0.6 is 32.9 Å². The predicted octanol–water partition coefficient (Wildman–Crippen LogP) is 0.864. The van der Waals surface area contributed by atoms with Gasteiger partial charge in [0, 0.05) is 38.1 Å². The maximum atomic E-state index is 3.42. The van der Waals surface area contributed by atoms with Crippen molar-refractivity contribution in [1.29, 1.82) is 0 Å². The fourth-order valence-corrected chi connectivity index (χ4v) is 1.56. The topological polar surface area (TPSA) is 15.3 Å². The van der Waals surface area contributed by atoms with Gasteiger partial charge in [0.05, 0.1) is 0 Å². The molecular formula is C6H14Br2N2. The Morgan fingerprint density at radius 2 is 1.90 bits per heavy atom. The molecule has 0 unspecified atom stereocenters. The van der Waals surface area contributed by atoms with E-state index in [1.54, 1.807) is 0 Å². The van der Waals surface area contributed by atoms with Crippen molar-refractivity contribution < 1.29 is 0 Å². The molecule has 10 heavy (non-hydrogen) atoms. The summed E-state index contributed by atoms with van der Waals surface area (Å²) < 4.78 is 0. The van der Waals surface area contributed by atoms with Crippen molar-refractivity contribution in [1.82, 2.24) is 10.2 Å². The quantitative estimate of drug-likeness (QED) is 0.751. The Morgan fingerprint density at radius 3 is 2.40 bits per heavy atom. The first-order valence-corrected chi connectivity index (χ1v) is 4.54. The number of nitrogens with one attached hydrogen (secondary N) is 1. The zero-order valence-electron chi connectivity index (χ0n) is 5.98. The third-order valence-electron chi connectivity index (χ3n) is 1.61. The van der Waals surface area contributed by atoms with Crippen LogP contribution in [0.5, 0.6) is 0 Å². The van der Waals surface area contributed by atoms with Crippen LogP contribution in [0.25, 0.3) is 0 Å². The normalized spacial score (nSPS) is 20.1. The average Bonchev–Trinajstić information content (AvgIpc) is 1.91. The van der Waals surface area contributed by atoms with Gasteiger partial charge in [0.25, 0.3) is 0 Å². The SMILES string of the molecule is Br.BrCCN1CCNCC1. The first kappa shape index (κ1) is 10.9. The van der Waals surface area contributed by atoms with Crippen molar-refractivity contribution in [2.24, 2.45) is 0 Å². The molecule has 0 aromatic carbocycles. The Hall–Kier alpha value is 0.880. The molecule has 1 saturated heterocycles. The number of nitrogens with zero attached hydrogens (tertiary/aromatic N) is 1. The monoisotopic (exact) mass is 272 g/mol. The molecule has 4 heteroatoms. The highest BCUT2D eigenvalue weighted by Crippen LogP contribution is 1.92. The largest absolute Gasteiger partial charge is 0.314 e. The van der Waals surface area contributed by atoms with Crippen LogP contribution in [-0.2, 0) is 0 Å². The van der Waals surface area contributed by atoms with Gasteiger partial charge in [-0.3, -0.25) is 4.90 Å². The van der Waals surface area contributed by atoms with Gasteiger partial charge in [-0.25, -0.2) is 0 Å². The van der Waals surface area contributed by atoms with Gasteiger partial charge in [0.1, 0.15) is 0 Å². The van der Waals surface area contributed by atoms with E-state index in [0.717, 1.165) is 18.4 Å². The van der Waals surface area contributed by atoms with E-state index < -0.39 is 0 Å². The van der Waals surface area contributed by atoms with Crippen LogP contribution in [0.2, 0.25) is 0 Å². The molecule has 0 atom stereocenters. The summed E-state index contributed by atoms with van der Waals surface area (Å²) >= 11 is 3.42. The van der Waals surface area contributed by atoms with Crippen molar-refractivity contribution >= 4 is 32.9 Å². The Kier molecular flexibility index (Phi) is 7.16. The maximum Gasteiger partial charge on any atom is 0.0159 e. The summed E-state index contributed by atoms with van der Waals surface area (Å²) in [7, 11) is 0. The van der Waals surface area contributed by atoms with Gasteiger partial charge < -0.3 is 5.32 Å². The van der Waals surface area contributed by atoms with Gasteiger partial charge in [-0.15, -0.1) is 17.0 Å². The summed E-state index contributed by atoms with van der Waals surface area (Å²) in [5.41, 5.74) is 0. The second kappa shape index (κ2) is 6.58. The number of rotatable bonds is 2. The Morgan fingerprint density at radius 1 is 1.30 bits per heavy atom. The number of hydrogen-bond donors (Lipinski definition) is 1. The first-order valence-electron chi connectivity index (χ1n) is 3.42. The number of halogens is 2. The number of alkyl halides is 1. The second-order valence-electron chi connectivity index (χ2n) is 2.28. The molecule has 0 radical (unpaired) electrons. The highest BCUT2D eigenvalue weighted by molar-refractivity contribution is 9.09. The van der Waals surface area contributed by atoms with Crippen LogP contribution in [0.15, 0.2) is 0 Å². The van der Waals surface area contributed by atoms with Crippen LogP contribution in [0.4, 0.5) is 0 Å². The molecule has 0 spiro atoms. The maximum absolute atomic E-state index is 3.42. The molecule has 1 fully saturated rings. The van der Waals surface area contributed by atoms with E-state index in [2.05, 4.69) is 26.1 Å². The molecule has 0 aliphatic carbocycles. The average molecular weight is 274 g/mol. The van der Waals surface area contributed by atoms with Crippen molar-refractivity contribution in [2.45, 2.75) is 0 Å². The lowest BCUT2D eigenvalue weighted by molar-refractivity contribution is 0.255. The Balaban J connectivity index is 0.000000810. The zero-order chi connectivity index (χ0) is 6.53. The highest BCUT2D eigenvalue weighted by Gasteiger charge is 2.06. The molecule has 0 amide bonds. The van der Waals surface area contributed by atoms with Gasteiger partial charge in [-0.1, -0.05) is 15.9 Å². The molecule has 1 N–H and O–H groups in total. The molecular weight excluding hydrogens is 260 g/mol. The van der Waals surface area contributed by atoms with E-state index >= 15 is 0 Å². The van der Waals surface area contributed by atoms with Crippen LogP contribution in [0, 0.1) is 0 Å². The van der Waals surface area contributed by atoms with Crippen LogP contribution in [0.1, 0.15) is 0 Å². The van der Waals surface area contributed by atoms with Gasteiger partial charge in [0.2, 0.25) is 0 Å². The fourth-order valence-electron chi connectivity index (χ4n) is 1.05. The van der Waals surface area contributed by atoms with E-state index in [1.165, 1.54) is 19.6 Å². The minimum Gasteiger partial charge on any atom is -0.314 e. The van der Waals surface area contributed by atoms with Crippen molar-refractivity contribution in [2.75, 3.05) is 38.1 Å².